The van der Waals surface area contributed by atoms with E-state index in [9.17, 15) is 8.22 Å². The van der Waals surface area contributed by atoms with Gasteiger partial charge in [0.25, 0.3) is 0 Å². The Hall–Kier alpha value is -6.74. The topological polar surface area (TPSA) is 3.24 Å². The molecule has 0 fully saturated rings. The van der Waals surface area contributed by atoms with Crippen molar-refractivity contribution in [1.29, 1.82) is 0 Å². The molecule has 1 nitrogen and oxygen atoms in total. The summed E-state index contributed by atoms with van der Waals surface area (Å²) < 4.78 is 138. The fourth-order valence-electron chi connectivity index (χ4n) is 6.83. The van der Waals surface area contributed by atoms with E-state index in [1.165, 1.54) is 0 Å². The van der Waals surface area contributed by atoms with Gasteiger partial charge in [-0.15, -0.1) is 11.3 Å². The van der Waals surface area contributed by atoms with Crippen LogP contribution in [0.5, 0.6) is 0 Å². The fraction of sp³-hybridized carbons (Fsp3) is 0. The Morgan fingerprint density at radius 3 is 1.63 bits per heavy atom. The van der Waals surface area contributed by atoms with E-state index in [4.69, 9.17) is 12.3 Å². The first-order valence-electron chi connectivity index (χ1n) is 24.7. The molecular weight excluding hydrogens is 671 g/mol. The molecule has 2 heteroatoms. The van der Waals surface area contributed by atoms with Crippen molar-refractivity contribution in [1.82, 2.24) is 0 Å². The zero-order chi connectivity index (χ0) is 48.9. The van der Waals surface area contributed by atoms with Crippen molar-refractivity contribution in [3.63, 3.8) is 0 Å². The zero-order valence-electron chi connectivity index (χ0n) is 43.4. The molecule has 54 heavy (non-hydrogen) atoms. The van der Waals surface area contributed by atoms with E-state index >= 15 is 0 Å². The molecule has 1 aromatic heterocycles. The van der Waals surface area contributed by atoms with Crippen molar-refractivity contribution in [2.24, 2.45) is 0 Å². The lowest BCUT2D eigenvalue weighted by Gasteiger charge is -2.27. The van der Waals surface area contributed by atoms with Crippen molar-refractivity contribution >= 4 is 59.3 Å². The molecule has 0 radical (unpaired) electrons. The summed E-state index contributed by atoms with van der Waals surface area (Å²) >= 11 is 1.60. The van der Waals surface area contributed by atoms with Gasteiger partial charge in [0.15, 0.2) is 0 Å². The minimum absolute atomic E-state index is 0.191. The van der Waals surface area contributed by atoms with Gasteiger partial charge in [0.05, 0.1) is 20.6 Å². The summed E-state index contributed by atoms with van der Waals surface area (Å²) in [4.78, 5) is 1.64. The molecule has 0 amide bonds. The lowest BCUT2D eigenvalue weighted by atomic mass is 9.91. The van der Waals surface area contributed by atoms with Crippen LogP contribution in [0.2, 0.25) is 0 Å². The quantitative estimate of drug-likeness (QED) is 0.158. The van der Waals surface area contributed by atoms with Crippen molar-refractivity contribution < 1.29 is 20.6 Å². The lowest BCUT2D eigenvalue weighted by molar-refractivity contribution is 1.29. The molecule has 0 aliphatic heterocycles. The SMILES string of the molecule is [2H]c1c([2H])c([2H])c(-c2c(-c3c([2H])c([2H])c(N(c4ccc(-c5ccccc5)c(-c5ccccc5)c4)c4ccc5sc6ccccc6c5c4)c([2H])c3[2H])c([2H])c3c([2H])c([2H])c([2H])c([2H])c3c2[2H])c([2H])c1[2H]. The number of benzene rings is 9. The van der Waals surface area contributed by atoms with Gasteiger partial charge >= 0.3 is 0 Å². The highest BCUT2D eigenvalue weighted by molar-refractivity contribution is 7.25. The summed E-state index contributed by atoms with van der Waals surface area (Å²) in [6, 6.07) is 27.8. The summed E-state index contributed by atoms with van der Waals surface area (Å²) in [6.45, 7) is 0. The summed E-state index contributed by atoms with van der Waals surface area (Å²) in [7, 11) is 0. The number of fused-ring (bicyclic) bond motifs is 4. The zero-order valence-corrected chi connectivity index (χ0v) is 29.2. The second-order valence-corrected chi connectivity index (χ2v) is 13.6. The molecule has 0 atom stereocenters. The van der Waals surface area contributed by atoms with Gasteiger partial charge in [0.1, 0.15) is 0 Å². The third kappa shape index (κ3) is 5.84. The average Bonchev–Trinajstić information content (AvgIpc) is 3.74. The summed E-state index contributed by atoms with van der Waals surface area (Å²) in [6.07, 6.45) is 0. The standard InChI is InChI=1S/C52H35NS/c1-4-14-36(15-5-1)45-30-28-43(34-49(45)38-18-8-3-9-19-38)53(44-29-31-52-50(35-44)46-22-12-13-23-51(46)54-52)42-26-24-39(25-27-42)48-33-41-21-11-10-20-40(41)32-47(48)37-16-6-2-7-17-37/h1-35H/i2D,6D,7D,10D,11D,16D,17D,20D,21D,24D,25D,26D,27D,32D,33D. The monoisotopic (exact) mass is 720 g/mol. The molecule has 0 saturated carbocycles. The molecule has 9 aromatic carbocycles. The van der Waals surface area contributed by atoms with Gasteiger partial charge < -0.3 is 4.90 Å². The number of hydrogen-bond acceptors (Lipinski definition) is 2. The van der Waals surface area contributed by atoms with E-state index in [0.717, 1.165) is 42.4 Å². The van der Waals surface area contributed by atoms with Crippen molar-refractivity contribution in [3.05, 3.63) is 212 Å². The first-order chi connectivity index (χ1) is 33.0. The van der Waals surface area contributed by atoms with Crippen LogP contribution in [0.15, 0.2) is 212 Å². The van der Waals surface area contributed by atoms with E-state index < -0.39 is 124 Å². The maximum atomic E-state index is 9.87. The highest BCUT2D eigenvalue weighted by Crippen LogP contribution is 2.44. The number of nitrogens with zero attached hydrogens (tertiary/aromatic N) is 1. The van der Waals surface area contributed by atoms with Crippen LogP contribution in [0.3, 0.4) is 0 Å². The van der Waals surface area contributed by atoms with Crippen molar-refractivity contribution in [2.45, 2.75) is 0 Å². The van der Waals surface area contributed by atoms with Gasteiger partial charge in [0.2, 0.25) is 0 Å². The molecule has 254 valence electrons. The Bertz CT molecular complexity index is 3740. The van der Waals surface area contributed by atoms with Gasteiger partial charge in [-0.2, -0.15) is 0 Å². The molecule has 0 aliphatic rings. The highest BCUT2D eigenvalue weighted by Gasteiger charge is 2.19. The largest absolute Gasteiger partial charge is 0.310 e. The summed E-state index contributed by atoms with van der Waals surface area (Å²) in [5, 5.41) is 0.893. The lowest BCUT2D eigenvalue weighted by Crippen LogP contribution is -2.10. The highest BCUT2D eigenvalue weighted by atomic mass is 32.1. The van der Waals surface area contributed by atoms with E-state index in [1.54, 1.807) is 16.2 Å². The van der Waals surface area contributed by atoms with Gasteiger partial charge in [-0.3, -0.25) is 0 Å². The predicted molar refractivity (Wildman–Crippen MR) is 233 cm³/mol. The molecule has 0 bridgehead atoms. The van der Waals surface area contributed by atoms with Gasteiger partial charge in [-0.05, 0) is 116 Å². The molecule has 0 saturated heterocycles. The molecule has 0 N–H and O–H groups in total. The molecule has 0 aliphatic carbocycles. The Kier molecular flexibility index (Phi) is 5.04. The van der Waals surface area contributed by atoms with Crippen molar-refractivity contribution in [2.75, 3.05) is 4.90 Å². The fourth-order valence-corrected chi connectivity index (χ4v) is 7.91. The molecule has 0 unspecified atom stereocenters. The third-order valence-electron chi connectivity index (χ3n) is 9.32. The minimum atomic E-state index is -0.807. The van der Waals surface area contributed by atoms with Crippen LogP contribution in [-0.4, -0.2) is 0 Å². The number of rotatable bonds is 7. The Balaban J connectivity index is 1.32. The Morgan fingerprint density at radius 2 is 0.926 bits per heavy atom. The second-order valence-electron chi connectivity index (χ2n) is 12.5. The van der Waals surface area contributed by atoms with E-state index in [-0.39, 0.29) is 5.69 Å². The number of anilines is 3. The maximum Gasteiger partial charge on any atom is 0.0645 e. The van der Waals surface area contributed by atoms with Crippen molar-refractivity contribution in [3.8, 4) is 44.5 Å². The van der Waals surface area contributed by atoms with Crippen LogP contribution < -0.4 is 4.90 Å². The summed E-state index contributed by atoms with van der Waals surface area (Å²) in [5.74, 6) is 0. The van der Waals surface area contributed by atoms with Crippen LogP contribution in [-0.2, 0) is 0 Å². The molecule has 10 aromatic rings. The van der Waals surface area contributed by atoms with Crippen LogP contribution in [0.25, 0.3) is 75.5 Å². The van der Waals surface area contributed by atoms with Gasteiger partial charge in [-0.1, -0.05) is 151 Å². The Labute approximate surface area is 340 Å². The third-order valence-corrected chi connectivity index (χ3v) is 10.5. The molecule has 0 spiro atoms. The van der Waals surface area contributed by atoms with Crippen LogP contribution in [0.1, 0.15) is 20.6 Å². The molecule has 10 rings (SSSR count). The molecular formula is C52H35NS. The van der Waals surface area contributed by atoms with Crippen LogP contribution >= 0.6 is 11.3 Å². The number of thiophene rings is 1. The van der Waals surface area contributed by atoms with E-state index in [1.807, 2.05) is 121 Å². The van der Waals surface area contributed by atoms with Crippen LogP contribution in [0, 0.1) is 0 Å². The first-order valence-corrected chi connectivity index (χ1v) is 18.0. The van der Waals surface area contributed by atoms with E-state index in [2.05, 4.69) is 0 Å². The van der Waals surface area contributed by atoms with Gasteiger partial charge in [0, 0.05) is 37.2 Å². The minimum Gasteiger partial charge on any atom is -0.310 e. The average molecular weight is 721 g/mol. The first kappa shape index (κ1) is 19.9. The smallest absolute Gasteiger partial charge is 0.0645 e. The second kappa shape index (κ2) is 13.7. The maximum absolute atomic E-state index is 9.87. The van der Waals surface area contributed by atoms with E-state index in [0.29, 0.717) is 11.4 Å². The summed E-state index contributed by atoms with van der Waals surface area (Å²) in [5.41, 5.74) is 1.92. The van der Waals surface area contributed by atoms with Crippen LogP contribution in [0.4, 0.5) is 17.1 Å². The van der Waals surface area contributed by atoms with Gasteiger partial charge in [-0.25, -0.2) is 0 Å². The molecule has 1 heterocycles. The number of hydrogen-bond donors (Lipinski definition) is 0. The Morgan fingerprint density at radius 1 is 0.370 bits per heavy atom. The predicted octanol–water partition coefficient (Wildman–Crippen LogP) is 15.3. The normalized spacial score (nSPS) is 15.2.